The molecule has 2 rings (SSSR count). The fraction of sp³-hybridized carbons (Fsp3) is 0.231. The standard InChI is InChI=1S/C13H16N2O2S2/c1-2-14-9-11-8-13(18-10-11)19(16,17)15-12-6-4-3-5-7-12/h3-8,10,14-15H,2,9H2,1H3. The molecule has 0 bridgehead atoms. The lowest BCUT2D eigenvalue weighted by Crippen LogP contribution is -2.12. The molecule has 1 aromatic carbocycles. The van der Waals surface area contributed by atoms with E-state index < -0.39 is 10.0 Å². The summed E-state index contributed by atoms with van der Waals surface area (Å²) in [6, 6.07) is 10.6. The van der Waals surface area contributed by atoms with Crippen LogP contribution in [0, 0.1) is 0 Å². The Kier molecular flexibility index (Phi) is 4.57. The monoisotopic (exact) mass is 296 g/mol. The molecule has 0 atom stereocenters. The lowest BCUT2D eigenvalue weighted by atomic mass is 10.3. The van der Waals surface area contributed by atoms with E-state index in [0.29, 0.717) is 16.4 Å². The van der Waals surface area contributed by atoms with Crippen LogP contribution in [0.3, 0.4) is 0 Å². The fourth-order valence-electron chi connectivity index (χ4n) is 1.57. The molecule has 2 N–H and O–H groups in total. The third-order valence-electron chi connectivity index (χ3n) is 2.50. The van der Waals surface area contributed by atoms with E-state index in [1.54, 1.807) is 30.3 Å². The van der Waals surface area contributed by atoms with Crippen LogP contribution >= 0.6 is 11.3 Å². The summed E-state index contributed by atoms with van der Waals surface area (Å²) >= 11 is 1.24. The molecule has 0 radical (unpaired) electrons. The maximum absolute atomic E-state index is 12.2. The van der Waals surface area contributed by atoms with E-state index in [0.717, 1.165) is 12.1 Å². The summed E-state index contributed by atoms with van der Waals surface area (Å²) in [5.74, 6) is 0. The van der Waals surface area contributed by atoms with Gasteiger partial charge in [0.05, 0.1) is 0 Å². The predicted molar refractivity (Wildman–Crippen MR) is 79.0 cm³/mol. The SMILES string of the molecule is CCNCc1csc(S(=O)(=O)Nc2ccccc2)c1. The Bertz CT molecular complexity index is 621. The number of rotatable bonds is 6. The van der Waals surface area contributed by atoms with Gasteiger partial charge in [0.25, 0.3) is 10.0 Å². The molecule has 19 heavy (non-hydrogen) atoms. The Labute approximate surface area is 117 Å². The second kappa shape index (κ2) is 6.18. The van der Waals surface area contributed by atoms with Crippen LogP contribution in [0.5, 0.6) is 0 Å². The van der Waals surface area contributed by atoms with Crippen molar-refractivity contribution < 1.29 is 8.42 Å². The molecule has 102 valence electrons. The van der Waals surface area contributed by atoms with E-state index in [1.165, 1.54) is 11.3 Å². The Balaban J connectivity index is 2.13. The van der Waals surface area contributed by atoms with Crippen molar-refractivity contribution in [1.29, 1.82) is 0 Å². The van der Waals surface area contributed by atoms with Crippen molar-refractivity contribution in [2.75, 3.05) is 11.3 Å². The molecule has 4 nitrogen and oxygen atoms in total. The van der Waals surface area contributed by atoms with Gasteiger partial charge < -0.3 is 5.32 Å². The highest BCUT2D eigenvalue weighted by atomic mass is 32.2. The van der Waals surface area contributed by atoms with Crippen molar-refractivity contribution >= 4 is 27.0 Å². The number of thiophene rings is 1. The molecular formula is C13H16N2O2S2. The number of anilines is 1. The fourth-order valence-corrected chi connectivity index (χ4v) is 3.84. The zero-order valence-corrected chi connectivity index (χ0v) is 12.2. The van der Waals surface area contributed by atoms with Gasteiger partial charge in [0.1, 0.15) is 4.21 Å². The Morgan fingerprint density at radius 1 is 1.21 bits per heavy atom. The van der Waals surface area contributed by atoms with E-state index in [2.05, 4.69) is 10.0 Å². The van der Waals surface area contributed by atoms with Crippen LogP contribution in [0.25, 0.3) is 0 Å². The van der Waals surface area contributed by atoms with E-state index in [9.17, 15) is 8.42 Å². The second-order valence-corrected chi connectivity index (χ2v) is 6.85. The van der Waals surface area contributed by atoms with Crippen LogP contribution in [0.4, 0.5) is 5.69 Å². The smallest absolute Gasteiger partial charge is 0.271 e. The highest BCUT2D eigenvalue weighted by molar-refractivity contribution is 7.94. The molecule has 0 saturated heterocycles. The van der Waals surface area contributed by atoms with Gasteiger partial charge in [-0.2, -0.15) is 0 Å². The minimum absolute atomic E-state index is 0.337. The number of benzene rings is 1. The summed E-state index contributed by atoms with van der Waals surface area (Å²) in [6.07, 6.45) is 0. The van der Waals surface area contributed by atoms with Gasteiger partial charge in [-0.3, -0.25) is 4.72 Å². The Morgan fingerprint density at radius 3 is 2.63 bits per heavy atom. The summed E-state index contributed by atoms with van der Waals surface area (Å²) in [7, 11) is -3.48. The highest BCUT2D eigenvalue weighted by Crippen LogP contribution is 2.22. The molecule has 0 unspecified atom stereocenters. The molecule has 0 spiro atoms. The molecule has 0 saturated carbocycles. The molecule has 1 aromatic heterocycles. The van der Waals surface area contributed by atoms with Crippen LogP contribution in [-0.4, -0.2) is 15.0 Å². The quantitative estimate of drug-likeness (QED) is 0.861. The first-order valence-electron chi connectivity index (χ1n) is 5.98. The van der Waals surface area contributed by atoms with E-state index >= 15 is 0 Å². The van der Waals surface area contributed by atoms with Crippen LogP contribution in [0.1, 0.15) is 12.5 Å². The first-order valence-corrected chi connectivity index (χ1v) is 8.34. The number of hydrogen-bond donors (Lipinski definition) is 2. The molecule has 6 heteroatoms. The van der Waals surface area contributed by atoms with Crippen molar-refractivity contribution in [3.8, 4) is 0 Å². The van der Waals surface area contributed by atoms with Gasteiger partial charge in [-0.15, -0.1) is 11.3 Å². The predicted octanol–water partition coefficient (Wildman–Crippen LogP) is 2.66. The summed E-state index contributed by atoms with van der Waals surface area (Å²) in [6.45, 7) is 3.56. The average Bonchev–Trinajstić information content (AvgIpc) is 2.86. The zero-order chi connectivity index (χ0) is 13.7. The second-order valence-electron chi connectivity index (χ2n) is 4.03. The van der Waals surface area contributed by atoms with Gasteiger partial charge in [-0.1, -0.05) is 25.1 Å². The third kappa shape index (κ3) is 3.79. The van der Waals surface area contributed by atoms with E-state index in [4.69, 9.17) is 0 Å². The first-order chi connectivity index (χ1) is 9.12. The number of sulfonamides is 1. The van der Waals surface area contributed by atoms with Crippen LogP contribution in [-0.2, 0) is 16.6 Å². The summed E-state index contributed by atoms with van der Waals surface area (Å²) < 4.78 is 27.2. The van der Waals surface area contributed by atoms with Gasteiger partial charge in [-0.25, -0.2) is 8.42 Å². The normalized spacial score (nSPS) is 11.4. The number of hydrogen-bond acceptors (Lipinski definition) is 4. The minimum Gasteiger partial charge on any atom is -0.313 e. The number of para-hydroxylation sites is 1. The molecular weight excluding hydrogens is 280 g/mol. The van der Waals surface area contributed by atoms with Crippen LogP contribution in [0.2, 0.25) is 0 Å². The van der Waals surface area contributed by atoms with E-state index in [1.807, 2.05) is 18.4 Å². The van der Waals surface area contributed by atoms with Gasteiger partial charge >= 0.3 is 0 Å². The van der Waals surface area contributed by atoms with Crippen molar-refractivity contribution in [2.24, 2.45) is 0 Å². The lowest BCUT2D eigenvalue weighted by Gasteiger charge is -2.05. The molecule has 0 amide bonds. The maximum atomic E-state index is 12.2. The van der Waals surface area contributed by atoms with Crippen molar-refractivity contribution in [2.45, 2.75) is 17.7 Å². The van der Waals surface area contributed by atoms with Gasteiger partial charge in [-0.05, 0) is 35.7 Å². The zero-order valence-electron chi connectivity index (χ0n) is 10.6. The first kappa shape index (κ1) is 14.0. The van der Waals surface area contributed by atoms with Crippen LogP contribution < -0.4 is 10.0 Å². The summed E-state index contributed by atoms with van der Waals surface area (Å²) in [5.41, 5.74) is 1.56. The largest absolute Gasteiger partial charge is 0.313 e. The van der Waals surface area contributed by atoms with Gasteiger partial charge in [0, 0.05) is 12.2 Å². The molecule has 0 aliphatic heterocycles. The molecule has 1 heterocycles. The number of nitrogens with one attached hydrogen (secondary N) is 2. The third-order valence-corrected chi connectivity index (χ3v) is 5.37. The minimum atomic E-state index is -3.48. The van der Waals surface area contributed by atoms with E-state index in [-0.39, 0.29) is 0 Å². The van der Waals surface area contributed by atoms with Gasteiger partial charge in [0.2, 0.25) is 0 Å². The molecule has 2 aromatic rings. The Morgan fingerprint density at radius 2 is 1.95 bits per heavy atom. The lowest BCUT2D eigenvalue weighted by molar-refractivity contribution is 0.603. The van der Waals surface area contributed by atoms with Crippen molar-refractivity contribution in [3.05, 3.63) is 47.3 Å². The molecule has 0 aliphatic carbocycles. The Hall–Kier alpha value is -1.37. The molecule has 0 fully saturated rings. The summed E-state index contributed by atoms with van der Waals surface area (Å²) in [5, 5.41) is 5.03. The van der Waals surface area contributed by atoms with Crippen molar-refractivity contribution in [1.82, 2.24) is 5.32 Å². The summed E-state index contributed by atoms with van der Waals surface area (Å²) in [4.78, 5) is 0. The van der Waals surface area contributed by atoms with Crippen LogP contribution in [0.15, 0.2) is 46.0 Å². The maximum Gasteiger partial charge on any atom is 0.271 e. The topological polar surface area (TPSA) is 58.2 Å². The van der Waals surface area contributed by atoms with Gasteiger partial charge in [0.15, 0.2) is 0 Å². The van der Waals surface area contributed by atoms with Crippen molar-refractivity contribution in [3.63, 3.8) is 0 Å². The molecule has 0 aliphatic rings. The average molecular weight is 296 g/mol. The highest BCUT2D eigenvalue weighted by Gasteiger charge is 2.16.